The van der Waals surface area contributed by atoms with Crippen molar-refractivity contribution < 1.29 is 43.0 Å². The van der Waals surface area contributed by atoms with Gasteiger partial charge in [0.15, 0.2) is 0 Å². The fraction of sp³-hybridized carbons (Fsp3) is 0.0909. The van der Waals surface area contributed by atoms with E-state index in [1.807, 2.05) is 0 Å². The summed E-state index contributed by atoms with van der Waals surface area (Å²) in [5.74, 6) is -3.43. The van der Waals surface area contributed by atoms with Crippen molar-refractivity contribution in [2.45, 2.75) is 0 Å². The van der Waals surface area contributed by atoms with E-state index in [-0.39, 0.29) is 39.2 Å². The van der Waals surface area contributed by atoms with Crippen LogP contribution in [0.3, 0.4) is 0 Å². The first-order valence-corrected chi connectivity index (χ1v) is 13.3. The number of carbonyl (C=O) groups excluding carboxylic acids is 6. The minimum Gasteiger partial charge on any atom is -0.465 e. The molecule has 3 N–H and O–H groups in total. The minimum absolute atomic E-state index is 0.0736. The first-order valence-electron chi connectivity index (χ1n) is 13.3. The van der Waals surface area contributed by atoms with Crippen LogP contribution in [0, 0.1) is 0 Å². The second-order valence-corrected chi connectivity index (χ2v) is 9.37. The molecule has 0 bridgehead atoms. The molecular formula is C33H27N3O9. The first kappa shape index (κ1) is 31.6. The summed E-state index contributed by atoms with van der Waals surface area (Å²) in [4.78, 5) is 74.8. The third kappa shape index (κ3) is 7.96. The van der Waals surface area contributed by atoms with Gasteiger partial charge in [0.2, 0.25) is 0 Å². The quantitative estimate of drug-likeness (QED) is 0.178. The van der Waals surface area contributed by atoms with Gasteiger partial charge in [-0.1, -0.05) is 6.07 Å². The van der Waals surface area contributed by atoms with Crippen molar-refractivity contribution in [2.75, 3.05) is 37.3 Å². The van der Waals surface area contributed by atoms with Gasteiger partial charge in [-0.15, -0.1) is 0 Å². The van der Waals surface area contributed by atoms with Crippen molar-refractivity contribution in [3.05, 3.63) is 124 Å². The van der Waals surface area contributed by atoms with Gasteiger partial charge in [0, 0.05) is 33.8 Å². The SMILES string of the molecule is COC(=O)c1ccc(NC(=O)c2cc(NC(=O)c3ccc(C(=O)OC)cc3)cc(NC(=O)c3cccc(C(=O)OC)c3)c2)cc1. The van der Waals surface area contributed by atoms with Crippen LogP contribution in [0.15, 0.2) is 91.0 Å². The number of methoxy groups -OCH3 is 3. The molecule has 0 aliphatic carbocycles. The van der Waals surface area contributed by atoms with Crippen molar-refractivity contribution in [1.82, 2.24) is 0 Å². The molecule has 0 aromatic heterocycles. The molecule has 0 heterocycles. The van der Waals surface area contributed by atoms with Crippen LogP contribution in [0.1, 0.15) is 62.1 Å². The summed E-state index contributed by atoms with van der Waals surface area (Å²) in [5.41, 5.74) is 1.86. The Bertz CT molecular complexity index is 1780. The highest BCUT2D eigenvalue weighted by Crippen LogP contribution is 2.23. The molecule has 0 saturated heterocycles. The molecule has 0 unspecified atom stereocenters. The van der Waals surface area contributed by atoms with Crippen molar-refractivity contribution in [1.29, 1.82) is 0 Å². The molecule has 45 heavy (non-hydrogen) atoms. The number of rotatable bonds is 9. The Morgan fingerprint density at radius 1 is 0.400 bits per heavy atom. The van der Waals surface area contributed by atoms with Gasteiger partial charge < -0.3 is 30.2 Å². The summed E-state index contributed by atoms with van der Waals surface area (Å²) in [6.07, 6.45) is 0. The molecule has 12 heteroatoms. The highest BCUT2D eigenvalue weighted by molar-refractivity contribution is 6.10. The topological polar surface area (TPSA) is 166 Å². The molecule has 0 saturated carbocycles. The van der Waals surface area contributed by atoms with Crippen LogP contribution in [0.25, 0.3) is 0 Å². The maximum atomic E-state index is 13.3. The molecule has 0 aliphatic heterocycles. The van der Waals surface area contributed by atoms with Gasteiger partial charge in [-0.3, -0.25) is 14.4 Å². The van der Waals surface area contributed by atoms with Crippen LogP contribution >= 0.6 is 0 Å². The lowest BCUT2D eigenvalue weighted by atomic mass is 10.1. The number of amides is 3. The van der Waals surface area contributed by atoms with Gasteiger partial charge in [0.25, 0.3) is 17.7 Å². The summed E-state index contributed by atoms with van der Waals surface area (Å²) in [6.45, 7) is 0. The number of benzene rings is 4. The number of carbonyl (C=O) groups is 6. The number of hydrogen-bond donors (Lipinski definition) is 3. The summed E-state index contributed by atoms with van der Waals surface area (Å²) in [5, 5.41) is 8.08. The predicted octanol–water partition coefficient (Wildman–Crippen LogP) is 4.80. The zero-order valence-corrected chi connectivity index (χ0v) is 24.3. The summed E-state index contributed by atoms with van der Waals surface area (Å²) < 4.78 is 14.1. The summed E-state index contributed by atoms with van der Waals surface area (Å²) in [7, 11) is 3.73. The molecule has 4 aromatic carbocycles. The molecule has 0 fully saturated rings. The van der Waals surface area contributed by atoms with Gasteiger partial charge in [-0.2, -0.15) is 0 Å². The number of anilines is 3. The van der Waals surface area contributed by atoms with Gasteiger partial charge in [0.1, 0.15) is 0 Å². The van der Waals surface area contributed by atoms with E-state index in [1.165, 1.54) is 112 Å². The lowest BCUT2D eigenvalue weighted by molar-refractivity contribution is 0.0591. The second kappa shape index (κ2) is 14.2. The van der Waals surface area contributed by atoms with Crippen LogP contribution in [-0.2, 0) is 14.2 Å². The monoisotopic (exact) mass is 609 g/mol. The van der Waals surface area contributed by atoms with E-state index in [9.17, 15) is 28.8 Å². The Balaban J connectivity index is 1.62. The van der Waals surface area contributed by atoms with Crippen molar-refractivity contribution in [3.8, 4) is 0 Å². The largest absolute Gasteiger partial charge is 0.465 e. The lowest BCUT2D eigenvalue weighted by Gasteiger charge is -2.13. The Morgan fingerprint density at radius 2 is 0.800 bits per heavy atom. The average molecular weight is 610 g/mol. The van der Waals surface area contributed by atoms with E-state index in [2.05, 4.69) is 25.4 Å². The fourth-order valence-corrected chi connectivity index (χ4v) is 4.10. The van der Waals surface area contributed by atoms with Crippen molar-refractivity contribution in [2.24, 2.45) is 0 Å². The molecule has 228 valence electrons. The van der Waals surface area contributed by atoms with Crippen molar-refractivity contribution >= 4 is 52.7 Å². The zero-order valence-electron chi connectivity index (χ0n) is 24.3. The molecule has 4 rings (SSSR count). The molecule has 0 aliphatic rings. The van der Waals surface area contributed by atoms with Gasteiger partial charge >= 0.3 is 17.9 Å². The van der Waals surface area contributed by atoms with Crippen LogP contribution < -0.4 is 16.0 Å². The Morgan fingerprint density at radius 3 is 1.33 bits per heavy atom. The number of hydrogen-bond acceptors (Lipinski definition) is 9. The average Bonchev–Trinajstić information content (AvgIpc) is 3.07. The maximum absolute atomic E-state index is 13.3. The van der Waals surface area contributed by atoms with E-state index in [0.717, 1.165) is 0 Å². The predicted molar refractivity (Wildman–Crippen MR) is 164 cm³/mol. The van der Waals surface area contributed by atoms with E-state index in [1.54, 1.807) is 0 Å². The molecular weight excluding hydrogens is 582 g/mol. The second-order valence-electron chi connectivity index (χ2n) is 9.37. The number of esters is 3. The lowest BCUT2D eigenvalue weighted by Crippen LogP contribution is -2.17. The molecule has 0 radical (unpaired) electrons. The third-order valence-electron chi connectivity index (χ3n) is 6.39. The highest BCUT2D eigenvalue weighted by atomic mass is 16.5. The van der Waals surface area contributed by atoms with Gasteiger partial charge in [0.05, 0.1) is 38.0 Å². The Labute approximate surface area is 257 Å². The maximum Gasteiger partial charge on any atom is 0.337 e. The molecule has 4 aromatic rings. The standard InChI is InChI=1S/C33H27N3O9/c1-43-31(40)20-9-7-19(8-10-20)28(37)35-26-16-24(30(39)34-25-13-11-21(12-14-25)32(41)44-2)17-27(18-26)36-29(38)22-5-4-6-23(15-22)33(42)45-3/h4-18H,1-3H3,(H,34,39)(H,35,37)(H,36,38). The third-order valence-corrected chi connectivity index (χ3v) is 6.39. The Kier molecular flexibility index (Phi) is 10.0. The number of nitrogens with one attached hydrogen (secondary N) is 3. The van der Waals surface area contributed by atoms with E-state index in [0.29, 0.717) is 11.3 Å². The first-order chi connectivity index (χ1) is 21.6. The van der Waals surface area contributed by atoms with E-state index >= 15 is 0 Å². The van der Waals surface area contributed by atoms with Crippen LogP contribution in [0.4, 0.5) is 17.1 Å². The smallest absolute Gasteiger partial charge is 0.337 e. The zero-order chi connectivity index (χ0) is 32.5. The summed E-state index contributed by atoms with van der Waals surface area (Å²) in [6, 6.07) is 21.9. The van der Waals surface area contributed by atoms with Gasteiger partial charge in [-0.05, 0) is 84.9 Å². The minimum atomic E-state index is -0.618. The van der Waals surface area contributed by atoms with Crippen LogP contribution in [0.5, 0.6) is 0 Å². The van der Waals surface area contributed by atoms with E-state index in [4.69, 9.17) is 4.74 Å². The highest BCUT2D eigenvalue weighted by Gasteiger charge is 2.16. The molecule has 0 spiro atoms. The van der Waals surface area contributed by atoms with Crippen molar-refractivity contribution in [3.63, 3.8) is 0 Å². The molecule has 0 atom stereocenters. The van der Waals surface area contributed by atoms with E-state index < -0.39 is 35.6 Å². The van der Waals surface area contributed by atoms with Gasteiger partial charge in [-0.25, -0.2) is 14.4 Å². The fourth-order valence-electron chi connectivity index (χ4n) is 4.10. The Hall–Kier alpha value is -6.30. The number of ether oxygens (including phenoxy) is 3. The summed E-state index contributed by atoms with van der Waals surface area (Å²) >= 11 is 0. The molecule has 12 nitrogen and oxygen atoms in total. The molecule has 3 amide bonds. The van der Waals surface area contributed by atoms with Crippen LogP contribution in [0.2, 0.25) is 0 Å². The normalized spacial score (nSPS) is 10.2. The van der Waals surface area contributed by atoms with Crippen LogP contribution in [-0.4, -0.2) is 57.0 Å².